The van der Waals surface area contributed by atoms with Gasteiger partial charge in [0.25, 0.3) is 0 Å². The fraction of sp³-hybridized carbons (Fsp3) is 0.200. The van der Waals surface area contributed by atoms with Crippen LogP contribution in [0.25, 0.3) is 0 Å². The predicted octanol–water partition coefficient (Wildman–Crippen LogP) is 2.98. The predicted molar refractivity (Wildman–Crippen MR) is 57.5 cm³/mol. The fourth-order valence-corrected chi connectivity index (χ4v) is 1.50. The Bertz CT molecular complexity index is 323. The van der Waals surface area contributed by atoms with Crippen LogP contribution in [0.15, 0.2) is 22.7 Å². The number of anilines is 1. The average molecular weight is 241 g/mol. The zero-order valence-electron chi connectivity index (χ0n) is 7.60. The van der Waals surface area contributed by atoms with Crippen molar-refractivity contribution >= 4 is 27.5 Å². The number of amides is 1. The number of nitrogens with one attached hydrogen (secondary N) is 1. The van der Waals surface area contributed by atoms with Crippen LogP contribution in [-0.2, 0) is 4.79 Å². The third-order valence-electron chi connectivity index (χ3n) is 1.64. The van der Waals surface area contributed by atoms with Gasteiger partial charge >= 0.3 is 0 Å². The number of carbonyl (C=O) groups excluding carboxylic acids is 1. The summed E-state index contributed by atoms with van der Waals surface area (Å²) in [5, 5.41) is 2.72. The molecule has 0 heterocycles. The van der Waals surface area contributed by atoms with Gasteiger partial charge in [-0.25, -0.2) is 0 Å². The lowest BCUT2D eigenvalue weighted by Gasteiger charge is -2.05. The van der Waals surface area contributed by atoms with Gasteiger partial charge < -0.3 is 5.32 Å². The Morgan fingerprint density at radius 3 is 2.69 bits per heavy atom. The van der Waals surface area contributed by atoms with Crippen LogP contribution in [0.4, 0.5) is 5.69 Å². The summed E-state index contributed by atoms with van der Waals surface area (Å²) in [7, 11) is 0. The Balaban J connectivity index is 2.91. The van der Waals surface area contributed by atoms with E-state index in [4.69, 9.17) is 0 Å². The van der Waals surface area contributed by atoms with Crippen molar-refractivity contribution in [1.82, 2.24) is 0 Å². The lowest BCUT2D eigenvalue weighted by Crippen LogP contribution is -2.06. The second kappa shape index (κ2) is 4.42. The minimum absolute atomic E-state index is 0.0612. The summed E-state index contributed by atoms with van der Waals surface area (Å²) in [6, 6.07) is 5.79. The van der Waals surface area contributed by atoms with Gasteiger partial charge in [0.05, 0.1) is 5.69 Å². The number of hydrogen-bond acceptors (Lipinski definition) is 1. The second-order valence-electron chi connectivity index (χ2n) is 2.71. The maximum atomic E-state index is 10.8. The van der Waals surface area contributed by atoms with Crippen molar-refractivity contribution < 1.29 is 4.79 Å². The maximum absolute atomic E-state index is 10.8. The molecule has 0 fully saturated rings. The molecule has 0 aliphatic heterocycles. The molecule has 0 aliphatic carbocycles. The van der Waals surface area contributed by atoms with Gasteiger partial charge in [0.1, 0.15) is 0 Å². The van der Waals surface area contributed by atoms with Gasteiger partial charge in [-0.2, -0.15) is 0 Å². The number of benzene rings is 1. The molecule has 1 radical (unpaired) electrons. The van der Waals surface area contributed by atoms with Crippen molar-refractivity contribution in [2.24, 2.45) is 0 Å². The van der Waals surface area contributed by atoms with Gasteiger partial charge in [-0.15, -0.1) is 0 Å². The molecule has 0 aromatic heterocycles. The monoisotopic (exact) mass is 240 g/mol. The molecular formula is C10H11BrNO. The van der Waals surface area contributed by atoms with E-state index in [1.165, 1.54) is 6.92 Å². The first-order chi connectivity index (χ1) is 6.13. The highest BCUT2D eigenvalue weighted by Crippen LogP contribution is 2.24. The fourth-order valence-electron chi connectivity index (χ4n) is 1.00. The maximum Gasteiger partial charge on any atom is 0.221 e. The molecule has 0 bridgehead atoms. The van der Waals surface area contributed by atoms with Crippen LogP contribution in [-0.4, -0.2) is 5.91 Å². The van der Waals surface area contributed by atoms with Crippen LogP contribution < -0.4 is 5.32 Å². The number of carbonyl (C=O) groups is 1. The molecule has 69 valence electrons. The van der Waals surface area contributed by atoms with Gasteiger partial charge in [0, 0.05) is 11.4 Å². The first-order valence-electron chi connectivity index (χ1n) is 4.00. The van der Waals surface area contributed by atoms with Crippen LogP contribution >= 0.6 is 15.9 Å². The molecule has 1 aromatic rings. The van der Waals surface area contributed by atoms with E-state index in [9.17, 15) is 4.79 Å². The zero-order valence-corrected chi connectivity index (χ0v) is 9.18. The molecule has 0 saturated heterocycles. The van der Waals surface area contributed by atoms with Crippen molar-refractivity contribution in [2.75, 3.05) is 5.32 Å². The molecular weight excluding hydrogens is 230 g/mol. The Kier molecular flexibility index (Phi) is 3.48. The summed E-state index contributed by atoms with van der Waals surface area (Å²) < 4.78 is 0.901. The summed E-state index contributed by atoms with van der Waals surface area (Å²) in [6.45, 7) is 3.46. The topological polar surface area (TPSA) is 29.1 Å². The van der Waals surface area contributed by atoms with E-state index in [0.717, 1.165) is 15.7 Å². The van der Waals surface area contributed by atoms with E-state index in [1.807, 2.05) is 31.5 Å². The summed E-state index contributed by atoms with van der Waals surface area (Å²) >= 11 is 3.38. The van der Waals surface area contributed by atoms with E-state index >= 15 is 0 Å². The molecule has 3 heteroatoms. The third-order valence-corrected chi connectivity index (χ3v) is 2.29. The lowest BCUT2D eigenvalue weighted by molar-refractivity contribution is -0.114. The molecule has 13 heavy (non-hydrogen) atoms. The Morgan fingerprint density at radius 2 is 2.23 bits per heavy atom. The second-order valence-corrected chi connectivity index (χ2v) is 3.56. The highest BCUT2D eigenvalue weighted by molar-refractivity contribution is 9.10. The molecule has 1 rings (SSSR count). The van der Waals surface area contributed by atoms with Crippen LogP contribution in [0.5, 0.6) is 0 Å². The quantitative estimate of drug-likeness (QED) is 0.847. The minimum Gasteiger partial charge on any atom is -0.325 e. The van der Waals surface area contributed by atoms with E-state index in [1.54, 1.807) is 0 Å². The highest BCUT2D eigenvalue weighted by Gasteiger charge is 2.01. The van der Waals surface area contributed by atoms with E-state index in [-0.39, 0.29) is 5.91 Å². The average Bonchev–Trinajstić information content (AvgIpc) is 2.08. The third kappa shape index (κ3) is 2.84. The van der Waals surface area contributed by atoms with E-state index in [0.29, 0.717) is 0 Å². The molecule has 1 N–H and O–H groups in total. The van der Waals surface area contributed by atoms with Crippen LogP contribution in [0, 0.1) is 6.42 Å². The molecule has 0 atom stereocenters. The smallest absolute Gasteiger partial charge is 0.221 e. The largest absolute Gasteiger partial charge is 0.325 e. The van der Waals surface area contributed by atoms with Crippen molar-refractivity contribution in [2.45, 2.75) is 13.8 Å². The molecule has 1 aromatic carbocycles. The molecule has 1 amide bonds. The summed E-state index contributed by atoms with van der Waals surface area (Å²) in [5.74, 6) is -0.0612. The zero-order chi connectivity index (χ0) is 9.84. The van der Waals surface area contributed by atoms with Crippen LogP contribution in [0.2, 0.25) is 0 Å². The van der Waals surface area contributed by atoms with E-state index < -0.39 is 0 Å². The molecule has 0 saturated carbocycles. The first-order valence-corrected chi connectivity index (χ1v) is 4.79. The molecule has 0 spiro atoms. The number of rotatable bonds is 2. The Hall–Kier alpha value is -0.830. The van der Waals surface area contributed by atoms with Crippen molar-refractivity contribution in [1.29, 1.82) is 0 Å². The van der Waals surface area contributed by atoms with Crippen LogP contribution in [0.1, 0.15) is 19.4 Å². The summed E-state index contributed by atoms with van der Waals surface area (Å²) in [5.41, 5.74) is 1.93. The highest BCUT2D eigenvalue weighted by atomic mass is 79.9. The van der Waals surface area contributed by atoms with Gasteiger partial charge in [-0.3, -0.25) is 4.79 Å². The first kappa shape index (κ1) is 10.3. The van der Waals surface area contributed by atoms with Gasteiger partial charge in [-0.1, -0.05) is 13.0 Å². The number of hydrogen-bond donors (Lipinski definition) is 1. The van der Waals surface area contributed by atoms with Crippen molar-refractivity contribution in [3.05, 3.63) is 34.7 Å². The number of halogens is 1. The standard InChI is InChI=1S/C10H11BrNO/c1-3-8-4-5-10(9(11)6-8)12-7(2)13/h3-6H,1-2H3,(H,12,13). The minimum atomic E-state index is -0.0612. The molecule has 0 aliphatic rings. The van der Waals surface area contributed by atoms with E-state index in [2.05, 4.69) is 21.2 Å². The van der Waals surface area contributed by atoms with Crippen molar-refractivity contribution in [3.8, 4) is 0 Å². The van der Waals surface area contributed by atoms with Gasteiger partial charge in [0.15, 0.2) is 0 Å². The van der Waals surface area contributed by atoms with Gasteiger partial charge in [-0.05, 0) is 40.0 Å². The lowest BCUT2D eigenvalue weighted by atomic mass is 10.1. The summed E-state index contributed by atoms with van der Waals surface area (Å²) in [6.07, 6.45) is 2.00. The van der Waals surface area contributed by atoms with Crippen molar-refractivity contribution in [3.63, 3.8) is 0 Å². The normalized spacial score (nSPS) is 9.77. The Labute approximate surface area is 86.5 Å². The molecule has 2 nitrogen and oxygen atoms in total. The Morgan fingerprint density at radius 1 is 1.54 bits per heavy atom. The SMILES string of the molecule is C[CH]c1ccc(NC(C)=O)c(Br)c1. The van der Waals surface area contributed by atoms with Gasteiger partial charge in [0.2, 0.25) is 5.91 Å². The summed E-state index contributed by atoms with van der Waals surface area (Å²) in [4.78, 5) is 10.8. The van der Waals surface area contributed by atoms with Crippen LogP contribution in [0.3, 0.4) is 0 Å². The molecule has 0 unspecified atom stereocenters.